The van der Waals surface area contributed by atoms with Crippen LogP contribution >= 0.6 is 7.82 Å². The van der Waals surface area contributed by atoms with E-state index >= 15 is 0 Å². The highest BCUT2D eigenvalue weighted by Gasteiger charge is 2.23. The van der Waals surface area contributed by atoms with Crippen molar-refractivity contribution in [3.63, 3.8) is 0 Å². The number of phosphoric ester groups is 1. The highest BCUT2D eigenvalue weighted by molar-refractivity contribution is 7.45. The van der Waals surface area contributed by atoms with Gasteiger partial charge < -0.3 is 28.8 Å². The monoisotopic (exact) mass is 1130 g/mol. The first-order valence-corrected chi connectivity index (χ1v) is 36.3. The topological polar surface area (TPSA) is 108 Å². The summed E-state index contributed by atoms with van der Waals surface area (Å²) in [5, 5.41) is 13.9. The highest BCUT2D eigenvalue weighted by atomic mass is 31.2. The third kappa shape index (κ3) is 64.1. The fourth-order valence-electron chi connectivity index (χ4n) is 10.7. The molecular formula is C70H137N2O6P. The molecule has 0 aliphatic carbocycles. The minimum atomic E-state index is -4.61. The summed E-state index contributed by atoms with van der Waals surface area (Å²) in [6.45, 7) is 4.68. The number of rotatable bonds is 65. The molecule has 8 nitrogen and oxygen atoms in total. The van der Waals surface area contributed by atoms with Gasteiger partial charge in [0.1, 0.15) is 13.2 Å². The van der Waals surface area contributed by atoms with E-state index in [4.69, 9.17) is 9.05 Å². The lowest BCUT2D eigenvalue weighted by atomic mass is 10.0. The summed E-state index contributed by atoms with van der Waals surface area (Å²) in [5.74, 6) is -0.204. The van der Waals surface area contributed by atoms with Gasteiger partial charge in [-0.1, -0.05) is 339 Å². The summed E-state index contributed by atoms with van der Waals surface area (Å²) < 4.78 is 23.4. The highest BCUT2D eigenvalue weighted by Crippen LogP contribution is 2.38. The van der Waals surface area contributed by atoms with Crippen LogP contribution in [0.2, 0.25) is 0 Å². The third-order valence-electron chi connectivity index (χ3n) is 16.1. The molecule has 3 atom stereocenters. The normalized spacial score (nSPS) is 13.9. The van der Waals surface area contributed by atoms with Gasteiger partial charge >= 0.3 is 0 Å². The Morgan fingerprint density at radius 1 is 0.430 bits per heavy atom. The molecule has 0 saturated heterocycles. The van der Waals surface area contributed by atoms with E-state index in [1.165, 1.54) is 289 Å². The summed E-state index contributed by atoms with van der Waals surface area (Å²) in [5.41, 5.74) is 0. The number of likely N-dealkylation sites (N-methyl/N-ethyl adjacent to an activating group) is 1. The van der Waals surface area contributed by atoms with Crippen molar-refractivity contribution >= 4 is 13.7 Å². The van der Waals surface area contributed by atoms with E-state index in [1.54, 1.807) is 6.08 Å². The summed E-state index contributed by atoms with van der Waals surface area (Å²) in [7, 11) is 1.25. The van der Waals surface area contributed by atoms with Gasteiger partial charge in [-0.05, 0) is 44.9 Å². The van der Waals surface area contributed by atoms with Crippen molar-refractivity contribution in [2.45, 2.75) is 366 Å². The van der Waals surface area contributed by atoms with Crippen LogP contribution in [-0.4, -0.2) is 68.5 Å². The van der Waals surface area contributed by atoms with E-state index < -0.39 is 26.6 Å². The number of aliphatic hydroxyl groups is 1. The number of phosphoric acid groups is 1. The van der Waals surface area contributed by atoms with Crippen molar-refractivity contribution in [1.29, 1.82) is 0 Å². The van der Waals surface area contributed by atoms with Gasteiger partial charge in [-0.15, -0.1) is 0 Å². The molecule has 0 rings (SSSR count). The number of hydrogen-bond donors (Lipinski definition) is 2. The minimum Gasteiger partial charge on any atom is -0.756 e. The SMILES string of the molecule is CCCCCCCCCCCCCCC/C=C/CC/C=C/CC/C=C/C(O)C(COP(=O)([O-])OCC[N+](C)(C)C)NC(=O)CCCCCCCCCCCCCCCCCCCCCCCCCCCCCCCCCCCC. The van der Waals surface area contributed by atoms with Crippen molar-refractivity contribution in [3.05, 3.63) is 36.5 Å². The van der Waals surface area contributed by atoms with Crippen molar-refractivity contribution < 1.29 is 32.9 Å². The van der Waals surface area contributed by atoms with Gasteiger partial charge in [-0.3, -0.25) is 9.36 Å². The number of carbonyl (C=O) groups is 1. The number of nitrogens with one attached hydrogen (secondary N) is 1. The van der Waals surface area contributed by atoms with Crippen molar-refractivity contribution in [3.8, 4) is 0 Å². The molecule has 9 heteroatoms. The van der Waals surface area contributed by atoms with Crippen LogP contribution in [0.25, 0.3) is 0 Å². The molecule has 0 aromatic rings. The fourth-order valence-corrected chi connectivity index (χ4v) is 11.4. The zero-order valence-corrected chi connectivity index (χ0v) is 54.5. The average molecular weight is 1130 g/mol. The number of amides is 1. The number of aliphatic hydroxyl groups excluding tert-OH is 1. The average Bonchev–Trinajstić information content (AvgIpc) is 3.42. The Morgan fingerprint density at radius 3 is 1.03 bits per heavy atom. The molecule has 1 amide bonds. The lowest BCUT2D eigenvalue weighted by Crippen LogP contribution is -2.45. The third-order valence-corrected chi connectivity index (χ3v) is 17.0. The second-order valence-corrected chi connectivity index (χ2v) is 26.6. The Balaban J connectivity index is 4.04. The van der Waals surface area contributed by atoms with Crippen LogP contribution in [0.5, 0.6) is 0 Å². The van der Waals surface area contributed by atoms with Crippen LogP contribution < -0.4 is 10.2 Å². The van der Waals surface area contributed by atoms with E-state index in [2.05, 4.69) is 43.5 Å². The second-order valence-electron chi connectivity index (χ2n) is 25.2. The summed E-state index contributed by atoms with van der Waals surface area (Å²) in [4.78, 5) is 25.6. The molecule has 468 valence electrons. The van der Waals surface area contributed by atoms with Crippen LogP contribution in [0, 0.1) is 0 Å². The van der Waals surface area contributed by atoms with E-state index in [9.17, 15) is 19.4 Å². The van der Waals surface area contributed by atoms with Crippen LogP contribution in [-0.2, 0) is 18.4 Å². The predicted octanol–water partition coefficient (Wildman–Crippen LogP) is 21.4. The van der Waals surface area contributed by atoms with Gasteiger partial charge in [0, 0.05) is 6.42 Å². The maximum absolute atomic E-state index is 13.0. The van der Waals surface area contributed by atoms with Gasteiger partial charge in [0.05, 0.1) is 39.9 Å². The van der Waals surface area contributed by atoms with E-state index in [-0.39, 0.29) is 12.5 Å². The first-order valence-electron chi connectivity index (χ1n) is 34.9. The summed E-state index contributed by atoms with van der Waals surface area (Å²) in [6.07, 6.45) is 81.4. The number of hydrogen-bond acceptors (Lipinski definition) is 6. The number of carbonyl (C=O) groups excluding carboxylic acids is 1. The van der Waals surface area contributed by atoms with Gasteiger partial charge in [0.2, 0.25) is 5.91 Å². The standard InChI is InChI=1S/C70H137N2O6P/c1-6-8-10-12-14-16-18-20-22-24-26-28-30-31-32-33-34-35-36-37-38-39-40-42-44-46-48-50-52-54-56-58-60-62-64-70(74)71-68(67-78-79(75,76)77-66-65-72(3,4)5)69(73)63-61-59-57-55-53-51-49-47-45-43-41-29-27-25-23-21-19-17-15-13-11-9-7-2/h45,47,53,55,61,63,68-69,73H,6-44,46,48-52,54,56-60,62,64-67H2,1-5H3,(H-,71,74,75,76)/b47-45+,55-53+,63-61+. The van der Waals surface area contributed by atoms with E-state index in [0.29, 0.717) is 17.4 Å². The molecule has 79 heavy (non-hydrogen) atoms. The molecule has 0 fully saturated rings. The second kappa shape index (κ2) is 61.3. The van der Waals surface area contributed by atoms with Crippen LogP contribution in [0.3, 0.4) is 0 Å². The summed E-state index contributed by atoms with van der Waals surface area (Å²) in [6, 6.07) is -0.909. The first kappa shape index (κ1) is 77.7. The van der Waals surface area contributed by atoms with Crippen LogP contribution in [0.15, 0.2) is 36.5 Å². The first-order chi connectivity index (χ1) is 38.5. The molecule has 0 heterocycles. The zero-order chi connectivity index (χ0) is 57.7. The maximum atomic E-state index is 13.0. The number of unbranched alkanes of at least 4 members (excludes halogenated alkanes) is 48. The smallest absolute Gasteiger partial charge is 0.268 e. The quantitative estimate of drug-likeness (QED) is 0.0272. The van der Waals surface area contributed by atoms with Gasteiger partial charge in [0.25, 0.3) is 7.82 Å². The molecule has 0 saturated carbocycles. The van der Waals surface area contributed by atoms with Crippen molar-refractivity contribution in [2.75, 3.05) is 40.9 Å². The van der Waals surface area contributed by atoms with Gasteiger partial charge in [-0.2, -0.15) is 0 Å². The molecule has 0 aliphatic heterocycles. The zero-order valence-electron chi connectivity index (χ0n) is 53.6. The molecule has 0 aromatic carbocycles. The largest absolute Gasteiger partial charge is 0.756 e. The lowest BCUT2D eigenvalue weighted by Gasteiger charge is -2.29. The van der Waals surface area contributed by atoms with Gasteiger partial charge in [0.15, 0.2) is 0 Å². The fraction of sp³-hybridized carbons (Fsp3) is 0.900. The number of quaternary nitrogens is 1. The molecule has 0 spiro atoms. The van der Waals surface area contributed by atoms with Crippen LogP contribution in [0.1, 0.15) is 354 Å². The maximum Gasteiger partial charge on any atom is 0.268 e. The Hall–Kier alpha value is -1.28. The van der Waals surface area contributed by atoms with Crippen LogP contribution in [0.4, 0.5) is 0 Å². The Bertz CT molecular complexity index is 1380. The van der Waals surface area contributed by atoms with Crippen molar-refractivity contribution in [2.24, 2.45) is 0 Å². The predicted molar refractivity (Wildman–Crippen MR) is 344 cm³/mol. The molecular weight excluding hydrogens is 996 g/mol. The summed E-state index contributed by atoms with van der Waals surface area (Å²) >= 11 is 0. The number of nitrogens with zero attached hydrogens (tertiary/aromatic N) is 1. The number of allylic oxidation sites excluding steroid dienone is 5. The molecule has 3 unspecified atom stereocenters. The van der Waals surface area contributed by atoms with Gasteiger partial charge in [-0.25, -0.2) is 0 Å². The molecule has 0 radical (unpaired) electrons. The van der Waals surface area contributed by atoms with E-state index in [0.717, 1.165) is 44.9 Å². The Labute approximate surface area is 493 Å². The van der Waals surface area contributed by atoms with E-state index in [1.807, 2.05) is 27.2 Å². The van der Waals surface area contributed by atoms with Crippen molar-refractivity contribution in [1.82, 2.24) is 5.32 Å². The Morgan fingerprint density at radius 2 is 0.709 bits per heavy atom. The Kier molecular flexibility index (Phi) is 60.3. The molecule has 0 aromatic heterocycles. The lowest BCUT2D eigenvalue weighted by molar-refractivity contribution is -0.870. The minimum absolute atomic E-state index is 0.00713. The molecule has 0 aliphatic rings. The molecule has 2 N–H and O–H groups in total. The molecule has 0 bridgehead atoms.